The molecule has 0 aliphatic carbocycles. The number of para-hydroxylation sites is 2. The van der Waals surface area contributed by atoms with E-state index in [0.29, 0.717) is 0 Å². The van der Waals surface area contributed by atoms with Gasteiger partial charge in [-0.05, 0) is 34.8 Å². The topological polar surface area (TPSA) is 30.7 Å². The first kappa shape index (κ1) is 29.3. The summed E-state index contributed by atoms with van der Waals surface area (Å²) in [6.45, 7) is 7.00. The maximum atomic E-state index is 4.69. The normalized spacial score (nSPS) is 11.0. The van der Waals surface area contributed by atoms with Gasteiger partial charge in [0, 0.05) is 54.5 Å². The van der Waals surface area contributed by atoms with Crippen LogP contribution in [0, 0.1) is 12.1 Å². The number of pyridine rings is 2. The molecule has 1 radical (unpaired) electrons. The third-order valence-corrected chi connectivity index (χ3v) is 9.20. The molecule has 7 rings (SSSR count). The predicted molar refractivity (Wildman–Crippen MR) is 174 cm³/mol. The molecule has 42 heavy (non-hydrogen) atoms. The Bertz CT molecular complexity index is 1890. The van der Waals surface area contributed by atoms with E-state index in [1.807, 2.05) is 67.0 Å². The Balaban J connectivity index is 0.000000181. The number of fused-ring (bicyclic) bond motifs is 3. The van der Waals surface area contributed by atoms with Gasteiger partial charge in [0.25, 0.3) is 0 Å². The Hall–Kier alpha value is -4.15. The minimum Gasteiger partial charge on any atom is -0.310 e. The summed E-state index contributed by atoms with van der Waals surface area (Å²) in [7, 11) is -1.23. The average Bonchev–Trinajstić information content (AvgIpc) is 3.36. The molecular weight excluding hydrogens is 707 g/mol. The number of benzene rings is 4. The summed E-state index contributed by atoms with van der Waals surface area (Å²) >= 11 is 0. The monoisotopic (exact) mass is 738 g/mol. The van der Waals surface area contributed by atoms with Gasteiger partial charge in [-0.2, -0.15) is 0 Å². The van der Waals surface area contributed by atoms with Crippen molar-refractivity contribution in [3.63, 3.8) is 0 Å². The molecule has 0 N–H and O–H groups in total. The van der Waals surface area contributed by atoms with Crippen molar-refractivity contribution in [3.8, 4) is 28.2 Å². The molecule has 0 amide bonds. The van der Waals surface area contributed by atoms with E-state index in [9.17, 15) is 0 Å². The van der Waals surface area contributed by atoms with Gasteiger partial charge in [0.1, 0.15) is 0 Å². The summed E-state index contributed by atoms with van der Waals surface area (Å²) < 4.78 is 2.30. The van der Waals surface area contributed by atoms with Gasteiger partial charge in [0.15, 0.2) is 0 Å². The molecule has 3 heterocycles. The molecular formula is C37H31IrN3Si-2. The second kappa shape index (κ2) is 12.8. The first-order valence-corrected chi connectivity index (χ1v) is 17.3. The molecule has 0 fully saturated rings. The minimum atomic E-state index is -1.23. The van der Waals surface area contributed by atoms with E-state index in [4.69, 9.17) is 0 Å². The van der Waals surface area contributed by atoms with E-state index in [0.717, 1.165) is 33.7 Å². The van der Waals surface area contributed by atoms with Crippen LogP contribution in [-0.2, 0) is 20.1 Å². The fourth-order valence-electron chi connectivity index (χ4n) is 4.97. The zero-order chi connectivity index (χ0) is 28.2. The van der Waals surface area contributed by atoms with Crippen LogP contribution in [0.25, 0.3) is 50.0 Å². The third-order valence-electron chi connectivity index (χ3n) is 7.17. The fraction of sp³-hybridized carbons (Fsp3) is 0.0811. The zero-order valence-electron chi connectivity index (χ0n) is 23.9. The molecule has 3 nitrogen and oxygen atoms in total. The molecule has 0 aliphatic heterocycles. The van der Waals surface area contributed by atoms with Crippen LogP contribution in [-0.4, -0.2) is 22.6 Å². The second-order valence-electron chi connectivity index (χ2n) is 11.0. The Morgan fingerprint density at radius 1 is 0.571 bits per heavy atom. The van der Waals surface area contributed by atoms with Gasteiger partial charge in [-0.25, -0.2) is 0 Å². The van der Waals surface area contributed by atoms with Gasteiger partial charge >= 0.3 is 0 Å². The average molecular weight is 738 g/mol. The van der Waals surface area contributed by atoms with Crippen molar-refractivity contribution < 1.29 is 20.1 Å². The maximum absolute atomic E-state index is 4.69. The van der Waals surface area contributed by atoms with Crippen LogP contribution >= 0.6 is 0 Å². The van der Waals surface area contributed by atoms with Crippen molar-refractivity contribution in [2.24, 2.45) is 0 Å². The van der Waals surface area contributed by atoms with Gasteiger partial charge in [-0.3, -0.25) is 0 Å². The predicted octanol–water partition coefficient (Wildman–Crippen LogP) is 8.74. The van der Waals surface area contributed by atoms with Gasteiger partial charge in [0.2, 0.25) is 0 Å². The Morgan fingerprint density at radius 3 is 1.81 bits per heavy atom. The van der Waals surface area contributed by atoms with Crippen LogP contribution in [0.3, 0.4) is 0 Å². The Kier molecular flexibility index (Phi) is 8.93. The second-order valence-corrected chi connectivity index (χ2v) is 16.1. The number of nitrogens with zero attached hydrogens (tertiary/aromatic N) is 3. The molecule has 3 aromatic heterocycles. The van der Waals surface area contributed by atoms with E-state index in [1.54, 1.807) is 0 Å². The molecule has 7 aromatic rings. The van der Waals surface area contributed by atoms with Crippen molar-refractivity contribution in [2.75, 3.05) is 0 Å². The van der Waals surface area contributed by atoms with Crippen molar-refractivity contribution in [1.82, 2.24) is 14.5 Å². The molecule has 0 spiro atoms. The summed E-state index contributed by atoms with van der Waals surface area (Å²) in [5.41, 5.74) is 7.52. The van der Waals surface area contributed by atoms with E-state index in [2.05, 4.69) is 113 Å². The number of hydrogen-bond acceptors (Lipinski definition) is 2. The van der Waals surface area contributed by atoms with E-state index >= 15 is 0 Å². The van der Waals surface area contributed by atoms with Crippen LogP contribution < -0.4 is 5.19 Å². The minimum absolute atomic E-state index is 0. The van der Waals surface area contributed by atoms with Crippen LogP contribution in [0.5, 0.6) is 0 Å². The van der Waals surface area contributed by atoms with Crippen LogP contribution in [0.1, 0.15) is 0 Å². The first-order valence-electron chi connectivity index (χ1n) is 13.8. The van der Waals surface area contributed by atoms with E-state index < -0.39 is 8.07 Å². The first-order chi connectivity index (χ1) is 20.0. The van der Waals surface area contributed by atoms with Crippen LogP contribution in [0.2, 0.25) is 19.6 Å². The molecule has 0 aliphatic rings. The molecule has 4 aromatic carbocycles. The van der Waals surface area contributed by atoms with Gasteiger partial charge in [-0.1, -0.05) is 74.2 Å². The third kappa shape index (κ3) is 6.19. The molecule has 0 saturated carbocycles. The summed E-state index contributed by atoms with van der Waals surface area (Å²) in [5, 5.41) is 3.78. The van der Waals surface area contributed by atoms with Crippen LogP contribution in [0.15, 0.2) is 134 Å². The molecule has 0 bridgehead atoms. The summed E-state index contributed by atoms with van der Waals surface area (Å²) in [6, 6.07) is 47.8. The number of aromatic nitrogens is 3. The molecule has 0 saturated heterocycles. The fourth-order valence-corrected chi connectivity index (χ4v) is 6.00. The summed E-state index contributed by atoms with van der Waals surface area (Å²) in [4.78, 5) is 9.21. The number of hydrogen-bond donors (Lipinski definition) is 0. The zero-order valence-corrected chi connectivity index (χ0v) is 27.3. The maximum Gasteiger partial charge on any atom is 0.0795 e. The van der Waals surface area contributed by atoms with Crippen molar-refractivity contribution >= 4 is 35.1 Å². The molecule has 0 atom stereocenters. The quantitative estimate of drug-likeness (QED) is 0.134. The van der Waals surface area contributed by atoms with E-state index in [-0.39, 0.29) is 20.1 Å². The number of rotatable bonds is 4. The molecule has 5 heteroatoms. The van der Waals surface area contributed by atoms with Gasteiger partial charge < -0.3 is 14.5 Å². The largest absolute Gasteiger partial charge is 0.310 e. The standard InChI is InChI=1S/C23H15N2.C14H16NSi.Ir/c1-3-9-17(10-4-1)21-15-23-20(16-24-21)19-13-7-8-14-22(19)25(23)18-11-5-2-6-12-18;1-16(2,3)13-9-10-14(15-11-13)12-7-5-4-6-8-12;/h1-9,11-16H;4-7,9-11H,1-3H3;/q2*-1;. The Labute approximate surface area is 262 Å². The molecule has 0 unspecified atom stereocenters. The summed E-state index contributed by atoms with van der Waals surface area (Å²) in [5.74, 6) is 0. The van der Waals surface area contributed by atoms with Gasteiger partial charge in [-0.15, -0.1) is 71.8 Å². The SMILES string of the molecule is C[Si](C)(C)c1ccc(-c2[c-]cccc2)nc1.[Ir].[c-]1ccccc1-c1cc2c(cn1)c1ccccc1n2-c1ccccc1. The Morgan fingerprint density at radius 2 is 1.19 bits per heavy atom. The smallest absolute Gasteiger partial charge is 0.0795 e. The van der Waals surface area contributed by atoms with Crippen LogP contribution in [0.4, 0.5) is 0 Å². The van der Waals surface area contributed by atoms with Crippen molar-refractivity contribution in [2.45, 2.75) is 19.6 Å². The molecule has 209 valence electrons. The van der Waals surface area contributed by atoms with E-state index in [1.165, 1.54) is 21.5 Å². The van der Waals surface area contributed by atoms with Crippen molar-refractivity contribution in [3.05, 3.63) is 146 Å². The van der Waals surface area contributed by atoms with Gasteiger partial charge in [0.05, 0.1) is 13.6 Å². The summed E-state index contributed by atoms with van der Waals surface area (Å²) in [6.07, 6.45) is 4.00. The van der Waals surface area contributed by atoms with Crippen molar-refractivity contribution in [1.29, 1.82) is 0 Å².